The summed E-state index contributed by atoms with van der Waals surface area (Å²) < 4.78 is 8.66. The second kappa shape index (κ2) is 7.77. The molecule has 152 valence electrons. The van der Waals surface area contributed by atoms with E-state index in [9.17, 15) is 9.59 Å². The van der Waals surface area contributed by atoms with Crippen LogP contribution in [0.5, 0.6) is 0 Å². The number of ether oxygens (including phenoxy) is 1. The molecule has 0 aliphatic heterocycles. The van der Waals surface area contributed by atoms with Gasteiger partial charge in [-0.05, 0) is 46.1 Å². The zero-order valence-corrected chi connectivity index (χ0v) is 17.5. The quantitative estimate of drug-likeness (QED) is 0.678. The summed E-state index contributed by atoms with van der Waals surface area (Å²) in [5, 5.41) is 8.81. The molecule has 28 heavy (non-hydrogen) atoms. The molecule has 0 aromatic carbocycles. The number of hydrogen-bond acceptors (Lipinski definition) is 5. The summed E-state index contributed by atoms with van der Waals surface area (Å²) in [7, 11) is 3.72. The van der Waals surface area contributed by atoms with Gasteiger partial charge in [0.1, 0.15) is 0 Å². The average Bonchev–Trinajstić information content (AvgIpc) is 3.27. The van der Waals surface area contributed by atoms with Crippen LogP contribution >= 0.6 is 0 Å². The number of nitrogens with zero attached hydrogens (tertiary/aromatic N) is 5. The van der Waals surface area contributed by atoms with E-state index in [0.29, 0.717) is 25.4 Å². The minimum absolute atomic E-state index is 0.114. The van der Waals surface area contributed by atoms with Gasteiger partial charge in [0.15, 0.2) is 5.69 Å². The Hall–Kier alpha value is -2.64. The molecule has 0 N–H and O–H groups in total. The van der Waals surface area contributed by atoms with E-state index in [1.807, 2.05) is 46.5 Å². The summed E-state index contributed by atoms with van der Waals surface area (Å²) in [5.74, 6) is -0.273. The molecule has 1 saturated carbocycles. The fourth-order valence-electron chi connectivity index (χ4n) is 3.55. The van der Waals surface area contributed by atoms with E-state index in [0.717, 1.165) is 29.1 Å². The van der Waals surface area contributed by atoms with Gasteiger partial charge in [-0.3, -0.25) is 19.0 Å². The molecule has 0 radical (unpaired) electrons. The molecule has 2 aromatic heterocycles. The Balaban J connectivity index is 1.82. The van der Waals surface area contributed by atoms with Crippen LogP contribution in [0.15, 0.2) is 6.07 Å². The molecule has 1 amide bonds. The highest BCUT2D eigenvalue weighted by Gasteiger charge is 2.45. The SMILES string of the molecule is CCOC(=O)[C@@H]1C[C@@H]1CN(Cc1c(C)nn(C)c1C)C(=O)c1cc(C)n(C)n1. The zero-order chi connectivity index (χ0) is 20.6. The van der Waals surface area contributed by atoms with Crippen molar-refractivity contribution >= 4 is 11.9 Å². The van der Waals surface area contributed by atoms with Crippen LogP contribution in [0.1, 0.15) is 46.5 Å². The van der Waals surface area contributed by atoms with Gasteiger partial charge in [-0.25, -0.2) is 0 Å². The summed E-state index contributed by atoms with van der Waals surface area (Å²) in [6, 6.07) is 1.80. The van der Waals surface area contributed by atoms with E-state index in [2.05, 4.69) is 10.2 Å². The summed E-state index contributed by atoms with van der Waals surface area (Å²) in [6.07, 6.45) is 0.759. The fourth-order valence-corrected chi connectivity index (χ4v) is 3.55. The van der Waals surface area contributed by atoms with Crippen molar-refractivity contribution in [1.29, 1.82) is 0 Å². The monoisotopic (exact) mass is 387 g/mol. The predicted molar refractivity (Wildman–Crippen MR) is 104 cm³/mol. The first kappa shape index (κ1) is 20.1. The molecule has 3 rings (SSSR count). The molecule has 2 heterocycles. The van der Waals surface area contributed by atoms with Crippen LogP contribution < -0.4 is 0 Å². The molecular weight excluding hydrogens is 358 g/mol. The molecule has 0 unspecified atom stereocenters. The molecule has 1 fully saturated rings. The van der Waals surface area contributed by atoms with Gasteiger partial charge in [0.25, 0.3) is 5.91 Å². The molecule has 1 aliphatic carbocycles. The number of aryl methyl sites for hydroxylation is 4. The molecule has 2 atom stereocenters. The second-order valence-corrected chi connectivity index (χ2v) is 7.61. The summed E-state index contributed by atoms with van der Waals surface area (Å²) in [5.41, 5.74) is 4.33. The molecule has 0 spiro atoms. The normalized spacial score (nSPS) is 18.2. The van der Waals surface area contributed by atoms with Gasteiger partial charge in [-0.15, -0.1) is 0 Å². The molecule has 0 saturated heterocycles. The Morgan fingerprint density at radius 2 is 1.93 bits per heavy atom. The van der Waals surface area contributed by atoms with E-state index < -0.39 is 0 Å². The number of hydrogen-bond donors (Lipinski definition) is 0. The summed E-state index contributed by atoms with van der Waals surface area (Å²) in [4.78, 5) is 27.0. The van der Waals surface area contributed by atoms with Crippen LogP contribution in [0.4, 0.5) is 0 Å². The highest BCUT2D eigenvalue weighted by molar-refractivity contribution is 5.92. The molecule has 8 heteroatoms. The van der Waals surface area contributed by atoms with Crippen molar-refractivity contribution in [3.8, 4) is 0 Å². The maximum Gasteiger partial charge on any atom is 0.309 e. The van der Waals surface area contributed by atoms with Gasteiger partial charge in [-0.2, -0.15) is 10.2 Å². The van der Waals surface area contributed by atoms with Gasteiger partial charge in [0.2, 0.25) is 0 Å². The van der Waals surface area contributed by atoms with E-state index in [1.165, 1.54) is 0 Å². The Bertz CT molecular complexity index is 879. The van der Waals surface area contributed by atoms with Crippen LogP contribution in [0.2, 0.25) is 0 Å². The van der Waals surface area contributed by atoms with Crippen molar-refractivity contribution in [1.82, 2.24) is 24.5 Å². The first-order valence-electron chi connectivity index (χ1n) is 9.68. The minimum Gasteiger partial charge on any atom is -0.466 e. The van der Waals surface area contributed by atoms with Crippen LogP contribution in [0, 0.1) is 32.6 Å². The Morgan fingerprint density at radius 1 is 1.21 bits per heavy atom. The predicted octanol–water partition coefficient (Wildman–Crippen LogP) is 1.92. The van der Waals surface area contributed by atoms with E-state index in [1.54, 1.807) is 15.6 Å². The van der Waals surface area contributed by atoms with Crippen LogP contribution in [-0.4, -0.2) is 49.5 Å². The van der Waals surface area contributed by atoms with Gasteiger partial charge >= 0.3 is 5.97 Å². The lowest BCUT2D eigenvalue weighted by atomic mass is 10.1. The average molecular weight is 387 g/mol. The van der Waals surface area contributed by atoms with Crippen LogP contribution in [-0.2, 0) is 30.2 Å². The van der Waals surface area contributed by atoms with Crippen molar-refractivity contribution in [2.75, 3.05) is 13.2 Å². The Labute approximate surface area is 165 Å². The number of amides is 1. The van der Waals surface area contributed by atoms with Crippen molar-refractivity contribution in [2.45, 2.75) is 40.7 Å². The third kappa shape index (κ3) is 3.95. The molecule has 2 aromatic rings. The van der Waals surface area contributed by atoms with Crippen LogP contribution in [0.25, 0.3) is 0 Å². The number of esters is 1. The number of rotatable bonds is 7. The van der Waals surface area contributed by atoms with Crippen molar-refractivity contribution in [3.05, 3.63) is 34.4 Å². The standard InChI is InChI=1S/C20H29N5O3/c1-7-28-20(27)16-9-15(16)10-25(11-17-13(3)21-24(6)14(17)4)19(26)18-8-12(2)23(5)22-18/h8,15-16H,7,9-11H2,1-6H3/t15-,16-/m1/s1. The second-order valence-electron chi connectivity index (χ2n) is 7.61. The van der Waals surface area contributed by atoms with Crippen LogP contribution in [0.3, 0.4) is 0 Å². The van der Waals surface area contributed by atoms with Gasteiger partial charge in [-0.1, -0.05) is 0 Å². The van der Waals surface area contributed by atoms with Crippen molar-refractivity contribution in [3.63, 3.8) is 0 Å². The lowest BCUT2D eigenvalue weighted by molar-refractivity contribution is -0.145. The lowest BCUT2D eigenvalue weighted by Crippen LogP contribution is -2.34. The molecule has 0 bridgehead atoms. The highest BCUT2D eigenvalue weighted by atomic mass is 16.5. The zero-order valence-electron chi connectivity index (χ0n) is 17.5. The molecule has 1 aliphatic rings. The first-order chi connectivity index (χ1) is 13.2. The smallest absolute Gasteiger partial charge is 0.309 e. The largest absolute Gasteiger partial charge is 0.466 e. The highest BCUT2D eigenvalue weighted by Crippen LogP contribution is 2.40. The Morgan fingerprint density at radius 3 is 2.46 bits per heavy atom. The van der Waals surface area contributed by atoms with Gasteiger partial charge in [0, 0.05) is 44.1 Å². The van der Waals surface area contributed by atoms with E-state index in [-0.39, 0.29) is 23.7 Å². The number of carbonyl (C=O) groups excluding carboxylic acids is 2. The first-order valence-corrected chi connectivity index (χ1v) is 9.68. The van der Waals surface area contributed by atoms with Crippen molar-refractivity contribution < 1.29 is 14.3 Å². The van der Waals surface area contributed by atoms with Gasteiger partial charge in [0.05, 0.1) is 18.2 Å². The van der Waals surface area contributed by atoms with Gasteiger partial charge < -0.3 is 9.64 Å². The number of aromatic nitrogens is 4. The van der Waals surface area contributed by atoms with E-state index >= 15 is 0 Å². The third-order valence-corrected chi connectivity index (χ3v) is 5.59. The van der Waals surface area contributed by atoms with E-state index in [4.69, 9.17) is 4.74 Å². The minimum atomic E-state index is -0.165. The Kier molecular flexibility index (Phi) is 5.58. The maximum atomic E-state index is 13.2. The third-order valence-electron chi connectivity index (χ3n) is 5.59. The summed E-state index contributed by atoms with van der Waals surface area (Å²) in [6.45, 7) is 9.02. The summed E-state index contributed by atoms with van der Waals surface area (Å²) >= 11 is 0. The van der Waals surface area contributed by atoms with Crippen molar-refractivity contribution in [2.24, 2.45) is 25.9 Å². The topological polar surface area (TPSA) is 82.3 Å². The molecular formula is C20H29N5O3. The maximum absolute atomic E-state index is 13.2. The number of carbonyl (C=O) groups is 2. The fraction of sp³-hybridized carbons (Fsp3) is 0.600. The molecule has 8 nitrogen and oxygen atoms in total. The lowest BCUT2D eigenvalue weighted by Gasteiger charge is -2.22.